The molecule has 0 saturated carbocycles. The third-order valence-corrected chi connectivity index (χ3v) is 5.98. The van der Waals surface area contributed by atoms with E-state index in [2.05, 4.69) is 12.0 Å². The van der Waals surface area contributed by atoms with Crippen molar-refractivity contribution in [2.75, 3.05) is 0 Å². The van der Waals surface area contributed by atoms with Crippen LogP contribution in [0.3, 0.4) is 0 Å². The maximum atomic E-state index is 13.5. The van der Waals surface area contributed by atoms with Crippen LogP contribution in [0.15, 0.2) is 30.5 Å². The van der Waals surface area contributed by atoms with Gasteiger partial charge in [0.15, 0.2) is 0 Å². The predicted octanol–water partition coefficient (Wildman–Crippen LogP) is 5.30. The SMILES string of the molecule is CCc1c(C)nc2c(c1-c1ccc(Cl)cc1Cl)C(=O)N(Cc1ccnn1CC)C2. The number of pyridine rings is 1. The van der Waals surface area contributed by atoms with E-state index in [0.29, 0.717) is 28.7 Å². The standard InChI is InChI=1S/C22H22Cl2N4O/c1-4-16-13(3)26-19-12-27(11-15-8-9-25-28(15)5-2)22(29)21(19)20(16)17-7-6-14(23)10-18(17)24/h6-10H,4-5,11-12H2,1-3H3. The van der Waals surface area contributed by atoms with Gasteiger partial charge in [0, 0.05) is 39.6 Å². The number of hydrogen-bond acceptors (Lipinski definition) is 3. The Bertz CT molecular complexity index is 1110. The molecule has 0 bridgehead atoms. The zero-order valence-electron chi connectivity index (χ0n) is 16.7. The van der Waals surface area contributed by atoms with Crippen molar-refractivity contribution in [3.05, 3.63) is 68.7 Å². The summed E-state index contributed by atoms with van der Waals surface area (Å²) in [6.45, 7) is 7.84. The first-order valence-electron chi connectivity index (χ1n) is 9.72. The fraction of sp³-hybridized carbons (Fsp3) is 0.318. The fourth-order valence-electron chi connectivity index (χ4n) is 4.08. The molecule has 0 spiro atoms. The van der Waals surface area contributed by atoms with Crippen LogP contribution < -0.4 is 0 Å². The first kappa shape index (κ1) is 19.9. The summed E-state index contributed by atoms with van der Waals surface area (Å²) in [6, 6.07) is 7.37. The largest absolute Gasteiger partial charge is 0.327 e. The van der Waals surface area contributed by atoms with E-state index >= 15 is 0 Å². The average molecular weight is 429 g/mol. The van der Waals surface area contributed by atoms with Gasteiger partial charge in [-0.2, -0.15) is 5.10 Å². The van der Waals surface area contributed by atoms with Crippen LogP contribution in [-0.4, -0.2) is 25.6 Å². The van der Waals surface area contributed by atoms with Gasteiger partial charge in [0.25, 0.3) is 5.91 Å². The topological polar surface area (TPSA) is 51.0 Å². The molecule has 3 aromatic rings. The lowest BCUT2D eigenvalue weighted by Crippen LogP contribution is -2.25. The highest BCUT2D eigenvalue weighted by Crippen LogP contribution is 2.40. The Morgan fingerprint density at radius 3 is 2.62 bits per heavy atom. The van der Waals surface area contributed by atoms with E-state index in [-0.39, 0.29) is 5.91 Å². The lowest BCUT2D eigenvalue weighted by atomic mass is 9.91. The number of halogens is 2. The number of carbonyl (C=O) groups is 1. The number of rotatable bonds is 5. The van der Waals surface area contributed by atoms with Crippen molar-refractivity contribution in [2.45, 2.75) is 46.8 Å². The van der Waals surface area contributed by atoms with E-state index in [0.717, 1.165) is 46.7 Å². The number of hydrogen-bond donors (Lipinski definition) is 0. The molecule has 29 heavy (non-hydrogen) atoms. The molecule has 0 atom stereocenters. The molecule has 0 saturated heterocycles. The van der Waals surface area contributed by atoms with Crippen LogP contribution in [0, 0.1) is 6.92 Å². The number of amides is 1. The summed E-state index contributed by atoms with van der Waals surface area (Å²) < 4.78 is 1.91. The summed E-state index contributed by atoms with van der Waals surface area (Å²) >= 11 is 12.7. The molecular formula is C22H22Cl2N4O. The molecule has 0 unspecified atom stereocenters. The van der Waals surface area contributed by atoms with E-state index in [9.17, 15) is 4.79 Å². The van der Waals surface area contributed by atoms with Crippen LogP contribution in [-0.2, 0) is 26.1 Å². The Hall–Kier alpha value is -2.37. The molecule has 4 rings (SSSR count). The molecule has 0 aliphatic carbocycles. The molecule has 1 amide bonds. The molecule has 2 aromatic heterocycles. The van der Waals surface area contributed by atoms with E-state index in [1.807, 2.05) is 35.6 Å². The molecular weight excluding hydrogens is 407 g/mol. The summed E-state index contributed by atoms with van der Waals surface area (Å²) in [5.41, 5.74) is 6.14. The zero-order valence-corrected chi connectivity index (χ0v) is 18.2. The van der Waals surface area contributed by atoms with E-state index < -0.39 is 0 Å². The van der Waals surface area contributed by atoms with E-state index in [4.69, 9.17) is 28.2 Å². The van der Waals surface area contributed by atoms with Crippen molar-refractivity contribution < 1.29 is 4.79 Å². The number of aryl methyl sites for hydroxylation is 2. The summed E-state index contributed by atoms with van der Waals surface area (Å²) in [5, 5.41) is 5.42. The number of nitrogens with zero attached hydrogens (tertiary/aromatic N) is 4. The van der Waals surface area contributed by atoms with Gasteiger partial charge in [-0.05, 0) is 44.0 Å². The molecule has 5 nitrogen and oxygen atoms in total. The average Bonchev–Trinajstić information content (AvgIpc) is 3.25. The van der Waals surface area contributed by atoms with Crippen LogP contribution in [0.5, 0.6) is 0 Å². The van der Waals surface area contributed by atoms with Crippen LogP contribution >= 0.6 is 23.2 Å². The fourth-order valence-corrected chi connectivity index (χ4v) is 4.58. The first-order chi connectivity index (χ1) is 13.9. The molecule has 150 valence electrons. The number of aromatic nitrogens is 3. The number of carbonyl (C=O) groups excluding carboxylic acids is 1. The summed E-state index contributed by atoms with van der Waals surface area (Å²) in [5.74, 6) is -0.0212. The molecule has 0 radical (unpaired) electrons. The van der Waals surface area contributed by atoms with Crippen molar-refractivity contribution in [3.63, 3.8) is 0 Å². The van der Waals surface area contributed by atoms with Gasteiger partial charge < -0.3 is 4.90 Å². The Morgan fingerprint density at radius 1 is 1.14 bits per heavy atom. The van der Waals surface area contributed by atoms with E-state index in [1.165, 1.54) is 0 Å². The predicted molar refractivity (Wildman–Crippen MR) is 115 cm³/mol. The van der Waals surface area contributed by atoms with Gasteiger partial charge in [-0.25, -0.2) is 0 Å². The van der Waals surface area contributed by atoms with Crippen LogP contribution in [0.4, 0.5) is 0 Å². The van der Waals surface area contributed by atoms with Gasteiger partial charge in [0.1, 0.15) is 0 Å². The normalized spacial score (nSPS) is 13.3. The van der Waals surface area contributed by atoms with Gasteiger partial charge >= 0.3 is 0 Å². The maximum Gasteiger partial charge on any atom is 0.257 e. The minimum atomic E-state index is -0.0212. The van der Waals surface area contributed by atoms with Crippen molar-refractivity contribution in [3.8, 4) is 11.1 Å². The van der Waals surface area contributed by atoms with Gasteiger partial charge in [-0.15, -0.1) is 0 Å². The summed E-state index contributed by atoms with van der Waals surface area (Å²) in [4.78, 5) is 20.1. The summed E-state index contributed by atoms with van der Waals surface area (Å²) in [7, 11) is 0. The molecule has 1 aromatic carbocycles. The second-order valence-electron chi connectivity index (χ2n) is 7.15. The number of fused-ring (bicyclic) bond motifs is 1. The van der Waals surface area contributed by atoms with Crippen molar-refractivity contribution >= 4 is 29.1 Å². The van der Waals surface area contributed by atoms with Crippen LogP contribution in [0.1, 0.15) is 46.9 Å². The monoisotopic (exact) mass is 428 g/mol. The highest BCUT2D eigenvalue weighted by atomic mass is 35.5. The van der Waals surface area contributed by atoms with E-state index in [1.54, 1.807) is 18.3 Å². The van der Waals surface area contributed by atoms with Crippen molar-refractivity contribution in [2.24, 2.45) is 0 Å². The lowest BCUT2D eigenvalue weighted by molar-refractivity contribution is 0.0762. The summed E-state index contributed by atoms with van der Waals surface area (Å²) in [6.07, 6.45) is 2.53. The second-order valence-corrected chi connectivity index (χ2v) is 7.99. The molecule has 0 N–H and O–H groups in total. The highest BCUT2D eigenvalue weighted by Gasteiger charge is 2.34. The Kier molecular flexibility index (Phi) is 5.36. The van der Waals surface area contributed by atoms with Gasteiger partial charge in [0.05, 0.1) is 30.0 Å². The molecule has 7 heteroatoms. The smallest absolute Gasteiger partial charge is 0.257 e. The minimum absolute atomic E-state index is 0.0212. The third kappa shape index (κ3) is 3.43. The maximum absolute atomic E-state index is 13.5. The molecule has 1 aliphatic heterocycles. The molecule has 3 heterocycles. The minimum Gasteiger partial charge on any atom is -0.327 e. The Labute approximate surface area is 180 Å². The van der Waals surface area contributed by atoms with Crippen LogP contribution in [0.25, 0.3) is 11.1 Å². The van der Waals surface area contributed by atoms with Gasteiger partial charge in [0.2, 0.25) is 0 Å². The first-order valence-corrected chi connectivity index (χ1v) is 10.5. The van der Waals surface area contributed by atoms with Crippen molar-refractivity contribution in [1.29, 1.82) is 0 Å². The molecule has 1 aliphatic rings. The van der Waals surface area contributed by atoms with Crippen molar-refractivity contribution in [1.82, 2.24) is 19.7 Å². The van der Waals surface area contributed by atoms with Crippen LogP contribution in [0.2, 0.25) is 10.0 Å². The lowest BCUT2D eigenvalue weighted by Gasteiger charge is -2.17. The second kappa shape index (κ2) is 7.81. The van der Waals surface area contributed by atoms with Gasteiger partial charge in [-0.1, -0.05) is 36.2 Å². The third-order valence-electron chi connectivity index (χ3n) is 5.43. The highest BCUT2D eigenvalue weighted by molar-refractivity contribution is 6.36. The molecule has 0 fully saturated rings. The van der Waals surface area contributed by atoms with Gasteiger partial charge in [-0.3, -0.25) is 14.5 Å². The zero-order chi connectivity index (χ0) is 20.7. The Balaban J connectivity index is 1.83. The quantitative estimate of drug-likeness (QED) is 0.553. The number of benzene rings is 1. The Morgan fingerprint density at radius 2 is 1.93 bits per heavy atom.